The van der Waals surface area contributed by atoms with E-state index in [1.807, 2.05) is 90.5 Å². The van der Waals surface area contributed by atoms with Gasteiger partial charge in [-0.25, -0.2) is 4.98 Å². The van der Waals surface area contributed by atoms with Crippen LogP contribution in [0.4, 0.5) is 0 Å². The number of imidazole rings is 1. The Hall–Kier alpha value is -4.13. The van der Waals surface area contributed by atoms with E-state index in [9.17, 15) is 9.59 Å². The van der Waals surface area contributed by atoms with Crippen molar-refractivity contribution in [3.05, 3.63) is 95.8 Å². The molecule has 0 bridgehead atoms. The standard InChI is InChI=1S/C25H24N4O3/c1-29-21-13-7-6-12-20(21)26-23(29)16-24(30)27-28-25(31)17-32-22-14-8-5-11-19(22)15-18-9-3-2-4-10-18/h2-14H,15-17H2,1H3,(H,27,30)(H,28,31). The van der Waals surface area contributed by atoms with Crippen molar-refractivity contribution in [3.63, 3.8) is 0 Å². The van der Waals surface area contributed by atoms with Crippen molar-refractivity contribution in [2.45, 2.75) is 12.8 Å². The monoisotopic (exact) mass is 428 g/mol. The van der Waals surface area contributed by atoms with Crippen LogP contribution in [0, 0.1) is 0 Å². The molecule has 0 radical (unpaired) electrons. The number of carbonyl (C=O) groups is 2. The van der Waals surface area contributed by atoms with Gasteiger partial charge in [-0.05, 0) is 29.3 Å². The minimum Gasteiger partial charge on any atom is -0.483 e. The minimum absolute atomic E-state index is 0.0478. The van der Waals surface area contributed by atoms with Crippen molar-refractivity contribution >= 4 is 22.8 Å². The second-order valence-electron chi connectivity index (χ2n) is 7.41. The minimum atomic E-state index is -0.446. The topological polar surface area (TPSA) is 85.2 Å². The number of aromatic nitrogens is 2. The van der Waals surface area contributed by atoms with E-state index in [4.69, 9.17) is 4.74 Å². The van der Waals surface area contributed by atoms with Crippen LogP contribution in [0.15, 0.2) is 78.9 Å². The predicted octanol–water partition coefficient (Wildman–Crippen LogP) is 2.93. The van der Waals surface area contributed by atoms with Gasteiger partial charge in [0.15, 0.2) is 6.61 Å². The molecule has 1 aromatic heterocycles. The maximum absolute atomic E-state index is 12.3. The third kappa shape index (κ3) is 5.13. The second kappa shape index (κ2) is 9.78. The molecule has 4 aromatic rings. The summed E-state index contributed by atoms with van der Waals surface area (Å²) in [6.45, 7) is -0.210. The zero-order chi connectivity index (χ0) is 22.3. The number of carbonyl (C=O) groups excluding carboxylic acids is 2. The fraction of sp³-hybridized carbons (Fsp3) is 0.160. The number of fused-ring (bicyclic) bond motifs is 1. The van der Waals surface area contributed by atoms with Crippen molar-refractivity contribution in [3.8, 4) is 5.75 Å². The Morgan fingerprint density at radius 3 is 2.38 bits per heavy atom. The average molecular weight is 428 g/mol. The van der Waals surface area contributed by atoms with Crippen LogP contribution in [-0.4, -0.2) is 28.0 Å². The highest BCUT2D eigenvalue weighted by molar-refractivity contribution is 5.84. The Labute approximate surface area is 186 Å². The van der Waals surface area contributed by atoms with Crippen molar-refractivity contribution < 1.29 is 14.3 Å². The lowest BCUT2D eigenvalue weighted by Gasteiger charge is -2.12. The van der Waals surface area contributed by atoms with Gasteiger partial charge in [-0.15, -0.1) is 0 Å². The van der Waals surface area contributed by atoms with E-state index in [0.717, 1.165) is 22.2 Å². The van der Waals surface area contributed by atoms with Crippen LogP contribution in [0.2, 0.25) is 0 Å². The number of nitrogens with zero attached hydrogens (tertiary/aromatic N) is 2. The highest BCUT2D eigenvalue weighted by atomic mass is 16.5. The van der Waals surface area contributed by atoms with Gasteiger partial charge in [0.05, 0.1) is 17.5 Å². The third-order valence-corrected chi connectivity index (χ3v) is 5.11. The third-order valence-electron chi connectivity index (χ3n) is 5.11. The largest absolute Gasteiger partial charge is 0.483 e. The first-order chi connectivity index (χ1) is 15.6. The van der Waals surface area contributed by atoms with Gasteiger partial charge in [0.25, 0.3) is 5.91 Å². The van der Waals surface area contributed by atoms with Gasteiger partial charge in [-0.3, -0.25) is 20.4 Å². The number of hydrazine groups is 1. The maximum Gasteiger partial charge on any atom is 0.276 e. The maximum atomic E-state index is 12.3. The highest BCUT2D eigenvalue weighted by Gasteiger charge is 2.13. The molecule has 0 saturated heterocycles. The molecule has 0 spiro atoms. The van der Waals surface area contributed by atoms with Gasteiger partial charge in [-0.1, -0.05) is 60.7 Å². The molecule has 0 atom stereocenters. The quantitative estimate of drug-likeness (QED) is 0.443. The van der Waals surface area contributed by atoms with E-state index >= 15 is 0 Å². The molecule has 32 heavy (non-hydrogen) atoms. The Kier molecular flexibility index (Phi) is 6.46. The lowest BCUT2D eigenvalue weighted by molar-refractivity contribution is -0.129. The number of rotatable bonds is 7. The SMILES string of the molecule is Cn1c(CC(=O)NNC(=O)COc2ccccc2Cc2ccccc2)nc2ccccc21. The van der Waals surface area contributed by atoms with Crippen LogP contribution in [-0.2, 0) is 29.5 Å². The molecule has 7 heteroatoms. The summed E-state index contributed by atoms with van der Waals surface area (Å²) in [5, 5.41) is 0. The van der Waals surface area contributed by atoms with Crippen LogP contribution >= 0.6 is 0 Å². The van der Waals surface area contributed by atoms with Crippen LogP contribution in [0.3, 0.4) is 0 Å². The first-order valence-corrected chi connectivity index (χ1v) is 10.3. The van der Waals surface area contributed by atoms with Crippen LogP contribution < -0.4 is 15.6 Å². The van der Waals surface area contributed by atoms with E-state index in [-0.39, 0.29) is 18.9 Å². The Balaban J connectivity index is 1.28. The molecule has 3 aromatic carbocycles. The van der Waals surface area contributed by atoms with Crippen molar-refractivity contribution in [1.82, 2.24) is 20.4 Å². The molecule has 0 aliphatic carbocycles. The van der Waals surface area contributed by atoms with E-state index in [0.29, 0.717) is 18.0 Å². The Bertz CT molecular complexity index is 1230. The molecule has 0 aliphatic heterocycles. The fourth-order valence-electron chi connectivity index (χ4n) is 3.47. The fourth-order valence-corrected chi connectivity index (χ4v) is 3.47. The number of ether oxygens (including phenoxy) is 1. The van der Waals surface area contributed by atoms with Crippen LogP contribution in [0.1, 0.15) is 17.0 Å². The summed E-state index contributed by atoms with van der Waals surface area (Å²) < 4.78 is 7.57. The number of nitrogens with one attached hydrogen (secondary N) is 2. The first kappa shape index (κ1) is 21.1. The zero-order valence-electron chi connectivity index (χ0n) is 17.7. The first-order valence-electron chi connectivity index (χ1n) is 10.3. The van der Waals surface area contributed by atoms with Crippen LogP contribution in [0.25, 0.3) is 11.0 Å². The molecule has 1 heterocycles. The number of hydrogen-bond donors (Lipinski definition) is 2. The number of para-hydroxylation sites is 3. The molecule has 0 aliphatic rings. The van der Waals surface area contributed by atoms with E-state index in [2.05, 4.69) is 15.8 Å². The number of hydrogen-bond acceptors (Lipinski definition) is 4. The molecule has 0 saturated carbocycles. The molecular formula is C25H24N4O3. The van der Waals surface area contributed by atoms with E-state index < -0.39 is 5.91 Å². The number of amides is 2. The lowest BCUT2D eigenvalue weighted by atomic mass is 10.0. The van der Waals surface area contributed by atoms with Gasteiger partial charge in [0.1, 0.15) is 11.6 Å². The van der Waals surface area contributed by atoms with Crippen LogP contribution in [0.5, 0.6) is 5.75 Å². The second-order valence-corrected chi connectivity index (χ2v) is 7.41. The summed E-state index contributed by atoms with van der Waals surface area (Å²) in [6, 6.07) is 25.3. The number of benzene rings is 3. The lowest BCUT2D eigenvalue weighted by Crippen LogP contribution is -2.44. The molecule has 162 valence electrons. The summed E-state index contributed by atoms with van der Waals surface area (Å²) in [7, 11) is 1.86. The molecular weight excluding hydrogens is 404 g/mol. The molecule has 4 rings (SSSR count). The summed E-state index contributed by atoms with van der Waals surface area (Å²) in [5.74, 6) is 0.445. The van der Waals surface area contributed by atoms with Gasteiger partial charge < -0.3 is 9.30 Å². The van der Waals surface area contributed by atoms with Crippen molar-refractivity contribution in [2.75, 3.05) is 6.61 Å². The molecule has 7 nitrogen and oxygen atoms in total. The van der Waals surface area contributed by atoms with Gasteiger partial charge in [0.2, 0.25) is 5.91 Å². The highest BCUT2D eigenvalue weighted by Crippen LogP contribution is 2.21. The van der Waals surface area contributed by atoms with Gasteiger partial charge in [-0.2, -0.15) is 0 Å². The van der Waals surface area contributed by atoms with E-state index in [1.165, 1.54) is 0 Å². The molecule has 0 fully saturated rings. The van der Waals surface area contributed by atoms with Crippen molar-refractivity contribution in [1.29, 1.82) is 0 Å². The van der Waals surface area contributed by atoms with Crippen molar-refractivity contribution in [2.24, 2.45) is 7.05 Å². The molecule has 2 N–H and O–H groups in total. The zero-order valence-corrected chi connectivity index (χ0v) is 17.7. The van der Waals surface area contributed by atoms with Gasteiger partial charge in [0, 0.05) is 13.5 Å². The molecule has 2 amide bonds. The summed E-state index contributed by atoms with van der Waals surface area (Å²) in [4.78, 5) is 28.9. The summed E-state index contributed by atoms with van der Waals surface area (Å²) in [5.41, 5.74) is 8.72. The predicted molar refractivity (Wildman–Crippen MR) is 122 cm³/mol. The normalized spacial score (nSPS) is 10.7. The number of aryl methyl sites for hydroxylation is 1. The summed E-state index contributed by atoms with van der Waals surface area (Å²) >= 11 is 0. The average Bonchev–Trinajstić information content (AvgIpc) is 3.13. The van der Waals surface area contributed by atoms with Gasteiger partial charge >= 0.3 is 0 Å². The Morgan fingerprint density at radius 1 is 0.875 bits per heavy atom. The summed E-state index contributed by atoms with van der Waals surface area (Å²) in [6.07, 6.45) is 0.750. The van der Waals surface area contributed by atoms with E-state index in [1.54, 1.807) is 0 Å². The Morgan fingerprint density at radius 2 is 1.56 bits per heavy atom. The molecule has 0 unspecified atom stereocenters. The smallest absolute Gasteiger partial charge is 0.276 e.